The fourth-order valence-corrected chi connectivity index (χ4v) is 3.21. The monoisotopic (exact) mass is 338 g/mol. The van der Waals surface area contributed by atoms with Gasteiger partial charge in [-0.05, 0) is 36.0 Å². The second-order valence-electron chi connectivity index (χ2n) is 6.76. The Kier molecular flexibility index (Phi) is 6.83. The lowest BCUT2D eigenvalue weighted by Gasteiger charge is -2.33. The van der Waals surface area contributed by atoms with E-state index in [0.29, 0.717) is 38.4 Å². The summed E-state index contributed by atoms with van der Waals surface area (Å²) in [5.74, 6) is 0.487. The average molecular weight is 338 g/mol. The second kappa shape index (κ2) is 9.08. The molecule has 132 valence electrons. The maximum absolute atomic E-state index is 12.7. The lowest BCUT2D eigenvalue weighted by Crippen LogP contribution is -2.43. The zero-order valence-corrected chi connectivity index (χ0v) is 15.2. The van der Waals surface area contributed by atoms with Crippen molar-refractivity contribution in [3.63, 3.8) is 0 Å². The SMILES string of the molecule is CC(C)c1ccc2c(c1)CCCN2CC(=O)N(CCC#N)CCC#N. The number of aryl methyl sites for hydroxylation is 1. The number of hydrogen-bond acceptors (Lipinski definition) is 4. The zero-order valence-electron chi connectivity index (χ0n) is 15.2. The van der Waals surface area contributed by atoms with Crippen LogP contribution < -0.4 is 4.90 Å². The van der Waals surface area contributed by atoms with E-state index >= 15 is 0 Å². The van der Waals surface area contributed by atoms with Gasteiger partial charge in [-0.2, -0.15) is 10.5 Å². The lowest BCUT2D eigenvalue weighted by atomic mass is 9.95. The molecule has 1 aromatic rings. The first-order valence-corrected chi connectivity index (χ1v) is 8.96. The van der Waals surface area contributed by atoms with Crippen molar-refractivity contribution in [2.45, 2.75) is 45.4 Å². The molecule has 0 unspecified atom stereocenters. The van der Waals surface area contributed by atoms with Gasteiger partial charge in [0.15, 0.2) is 0 Å². The fraction of sp³-hybridized carbons (Fsp3) is 0.550. The first-order chi connectivity index (χ1) is 12.1. The topological polar surface area (TPSA) is 71.1 Å². The molecule has 0 spiro atoms. The number of amides is 1. The molecule has 5 heteroatoms. The van der Waals surface area contributed by atoms with Crippen molar-refractivity contribution in [2.75, 3.05) is 31.1 Å². The van der Waals surface area contributed by atoms with Crippen LogP contribution in [0.25, 0.3) is 0 Å². The third-order valence-electron chi connectivity index (χ3n) is 4.65. The molecule has 0 aliphatic carbocycles. The Labute approximate surface area is 150 Å². The van der Waals surface area contributed by atoms with E-state index < -0.39 is 0 Å². The molecule has 1 aromatic carbocycles. The van der Waals surface area contributed by atoms with E-state index in [4.69, 9.17) is 10.5 Å². The van der Waals surface area contributed by atoms with E-state index in [1.165, 1.54) is 11.1 Å². The minimum atomic E-state index is -0.00807. The number of carbonyl (C=O) groups is 1. The second-order valence-corrected chi connectivity index (χ2v) is 6.76. The Morgan fingerprint density at radius 2 is 1.92 bits per heavy atom. The van der Waals surface area contributed by atoms with Gasteiger partial charge in [-0.15, -0.1) is 0 Å². The van der Waals surface area contributed by atoms with E-state index in [0.717, 1.165) is 25.1 Å². The van der Waals surface area contributed by atoms with Crippen LogP contribution in [0, 0.1) is 22.7 Å². The van der Waals surface area contributed by atoms with Gasteiger partial charge in [0.2, 0.25) is 5.91 Å². The quantitative estimate of drug-likeness (QED) is 0.765. The summed E-state index contributed by atoms with van der Waals surface area (Å²) in [6, 6.07) is 10.7. The van der Waals surface area contributed by atoms with Gasteiger partial charge in [0.05, 0.1) is 31.5 Å². The van der Waals surface area contributed by atoms with Gasteiger partial charge in [0.1, 0.15) is 0 Å². The van der Waals surface area contributed by atoms with E-state index in [-0.39, 0.29) is 5.91 Å². The van der Waals surface area contributed by atoms with E-state index in [9.17, 15) is 4.79 Å². The molecule has 0 atom stereocenters. The Morgan fingerprint density at radius 1 is 1.24 bits per heavy atom. The van der Waals surface area contributed by atoms with Gasteiger partial charge in [-0.3, -0.25) is 4.79 Å². The van der Waals surface area contributed by atoms with Crippen molar-refractivity contribution in [3.8, 4) is 12.1 Å². The molecular weight excluding hydrogens is 312 g/mol. The number of hydrogen-bond donors (Lipinski definition) is 0. The molecule has 0 saturated carbocycles. The van der Waals surface area contributed by atoms with Gasteiger partial charge < -0.3 is 9.80 Å². The van der Waals surface area contributed by atoms with Crippen molar-refractivity contribution in [2.24, 2.45) is 0 Å². The number of fused-ring (bicyclic) bond motifs is 1. The van der Waals surface area contributed by atoms with Gasteiger partial charge in [-0.25, -0.2) is 0 Å². The highest BCUT2D eigenvalue weighted by atomic mass is 16.2. The van der Waals surface area contributed by atoms with Crippen LogP contribution in [0.1, 0.15) is 50.2 Å². The van der Waals surface area contributed by atoms with Crippen LogP contribution in [0.3, 0.4) is 0 Å². The van der Waals surface area contributed by atoms with Gasteiger partial charge in [0.25, 0.3) is 0 Å². The first kappa shape index (κ1) is 18.8. The Morgan fingerprint density at radius 3 is 2.52 bits per heavy atom. The predicted molar refractivity (Wildman–Crippen MR) is 98.1 cm³/mol. The van der Waals surface area contributed by atoms with E-state index in [1.807, 2.05) is 0 Å². The van der Waals surface area contributed by atoms with Crippen LogP contribution in [-0.4, -0.2) is 37.0 Å². The number of benzene rings is 1. The molecule has 0 aromatic heterocycles. The molecule has 5 nitrogen and oxygen atoms in total. The van der Waals surface area contributed by atoms with Crippen molar-refractivity contribution in [3.05, 3.63) is 29.3 Å². The number of nitriles is 2. The van der Waals surface area contributed by atoms with Crippen LogP contribution in [0.15, 0.2) is 18.2 Å². The van der Waals surface area contributed by atoms with Crippen molar-refractivity contribution < 1.29 is 4.79 Å². The van der Waals surface area contributed by atoms with E-state index in [1.54, 1.807) is 4.90 Å². The summed E-state index contributed by atoms with van der Waals surface area (Å²) < 4.78 is 0. The largest absolute Gasteiger partial charge is 0.362 e. The minimum absolute atomic E-state index is 0.00807. The molecule has 1 aliphatic heterocycles. The molecule has 0 radical (unpaired) electrons. The molecule has 0 N–H and O–H groups in total. The molecule has 1 aliphatic rings. The molecule has 0 fully saturated rings. The van der Waals surface area contributed by atoms with Crippen molar-refractivity contribution in [1.82, 2.24) is 4.90 Å². The number of nitrogens with zero attached hydrogens (tertiary/aromatic N) is 4. The molecule has 0 bridgehead atoms. The maximum atomic E-state index is 12.7. The fourth-order valence-electron chi connectivity index (χ4n) is 3.21. The summed E-state index contributed by atoms with van der Waals surface area (Å²) in [6.07, 6.45) is 2.68. The van der Waals surface area contributed by atoms with Gasteiger partial charge in [0, 0.05) is 25.3 Å². The normalized spacial score (nSPS) is 13.1. The smallest absolute Gasteiger partial charge is 0.242 e. The van der Waals surface area contributed by atoms with Crippen molar-refractivity contribution >= 4 is 11.6 Å². The summed E-state index contributed by atoms with van der Waals surface area (Å²) in [7, 11) is 0. The summed E-state index contributed by atoms with van der Waals surface area (Å²) >= 11 is 0. The highest BCUT2D eigenvalue weighted by Gasteiger charge is 2.22. The average Bonchev–Trinajstić information content (AvgIpc) is 2.61. The van der Waals surface area contributed by atoms with Crippen LogP contribution in [0.2, 0.25) is 0 Å². The molecule has 0 saturated heterocycles. The number of anilines is 1. The highest BCUT2D eigenvalue weighted by molar-refractivity contribution is 5.82. The molecule has 1 amide bonds. The first-order valence-electron chi connectivity index (χ1n) is 8.96. The maximum Gasteiger partial charge on any atom is 0.242 e. The number of carbonyl (C=O) groups excluding carboxylic acids is 1. The lowest BCUT2D eigenvalue weighted by molar-refractivity contribution is -0.129. The molecule has 25 heavy (non-hydrogen) atoms. The van der Waals surface area contributed by atoms with Crippen LogP contribution in [-0.2, 0) is 11.2 Å². The summed E-state index contributed by atoms with van der Waals surface area (Å²) in [4.78, 5) is 16.5. The highest BCUT2D eigenvalue weighted by Crippen LogP contribution is 2.30. The van der Waals surface area contributed by atoms with Crippen LogP contribution >= 0.6 is 0 Å². The van der Waals surface area contributed by atoms with E-state index in [2.05, 4.69) is 49.1 Å². The summed E-state index contributed by atoms with van der Waals surface area (Å²) in [5.41, 5.74) is 3.78. The summed E-state index contributed by atoms with van der Waals surface area (Å²) in [5, 5.41) is 17.6. The summed E-state index contributed by atoms with van der Waals surface area (Å²) in [6.45, 7) is 6.34. The Balaban J connectivity index is 2.11. The standard InChI is InChI=1S/C20H26N4O/c1-16(2)17-7-8-19-18(14-17)6-3-11-24(19)15-20(25)23(12-4-9-21)13-5-10-22/h7-8,14,16H,3-6,11-13,15H2,1-2H3. The molecule has 2 rings (SSSR count). The number of rotatable bonds is 7. The third kappa shape index (κ3) is 4.97. The molecule has 1 heterocycles. The minimum Gasteiger partial charge on any atom is -0.362 e. The molecular formula is C20H26N4O. The zero-order chi connectivity index (χ0) is 18.2. The predicted octanol–water partition coefficient (Wildman–Crippen LogP) is 3.22. The van der Waals surface area contributed by atoms with Gasteiger partial charge >= 0.3 is 0 Å². The Bertz CT molecular complexity index is 666. The van der Waals surface area contributed by atoms with Gasteiger partial charge in [-0.1, -0.05) is 26.0 Å². The Hall–Kier alpha value is -2.53. The van der Waals surface area contributed by atoms with Crippen molar-refractivity contribution in [1.29, 1.82) is 10.5 Å². The van der Waals surface area contributed by atoms with Crippen LogP contribution in [0.5, 0.6) is 0 Å². The van der Waals surface area contributed by atoms with Crippen LogP contribution in [0.4, 0.5) is 5.69 Å². The third-order valence-corrected chi connectivity index (χ3v) is 4.65.